The number of carbonyl (C=O) groups is 1. The molecule has 0 aliphatic rings. The smallest absolute Gasteiger partial charge is 0.252 e. The van der Waals surface area contributed by atoms with Crippen molar-refractivity contribution in [1.29, 1.82) is 0 Å². The Bertz CT molecular complexity index is 1400. The SMILES string of the molecule is Cc1ccc2nc(-c3ccccc3)cc(C(=O)NCc3cccc(NS(C)(=O)=O)c3)c2c1. The van der Waals surface area contributed by atoms with E-state index in [9.17, 15) is 13.2 Å². The number of carbonyl (C=O) groups excluding carboxylic acids is 1. The minimum absolute atomic E-state index is 0.221. The zero-order valence-electron chi connectivity index (χ0n) is 17.8. The van der Waals surface area contributed by atoms with E-state index < -0.39 is 10.0 Å². The molecule has 0 saturated carbocycles. The third-order valence-corrected chi connectivity index (χ3v) is 5.57. The Morgan fingerprint density at radius 1 is 0.938 bits per heavy atom. The summed E-state index contributed by atoms with van der Waals surface area (Å²) in [5.74, 6) is -0.221. The Labute approximate surface area is 187 Å². The minimum atomic E-state index is -3.37. The van der Waals surface area contributed by atoms with Crippen molar-refractivity contribution in [3.8, 4) is 11.3 Å². The molecule has 0 saturated heterocycles. The molecule has 4 aromatic rings. The number of fused-ring (bicyclic) bond motifs is 1. The zero-order valence-corrected chi connectivity index (χ0v) is 18.6. The van der Waals surface area contributed by atoms with E-state index in [1.807, 2.05) is 67.6 Å². The van der Waals surface area contributed by atoms with Crippen molar-refractivity contribution in [2.45, 2.75) is 13.5 Å². The van der Waals surface area contributed by atoms with Crippen molar-refractivity contribution in [2.75, 3.05) is 11.0 Å². The van der Waals surface area contributed by atoms with Crippen LogP contribution in [0.25, 0.3) is 22.2 Å². The second kappa shape index (κ2) is 8.80. The first-order valence-corrected chi connectivity index (χ1v) is 12.0. The average Bonchev–Trinajstić information content (AvgIpc) is 2.76. The number of nitrogens with zero attached hydrogens (tertiary/aromatic N) is 1. The van der Waals surface area contributed by atoms with Crippen LogP contribution in [0.5, 0.6) is 0 Å². The quantitative estimate of drug-likeness (QED) is 0.457. The lowest BCUT2D eigenvalue weighted by atomic mass is 10.0. The summed E-state index contributed by atoms with van der Waals surface area (Å²) in [6, 6.07) is 24.4. The van der Waals surface area contributed by atoms with Crippen LogP contribution < -0.4 is 10.0 Å². The molecule has 32 heavy (non-hydrogen) atoms. The lowest BCUT2D eigenvalue weighted by Gasteiger charge is -2.12. The number of benzene rings is 3. The topological polar surface area (TPSA) is 88.2 Å². The van der Waals surface area contributed by atoms with Gasteiger partial charge in [-0.1, -0.05) is 54.1 Å². The molecule has 1 amide bonds. The number of hydrogen-bond acceptors (Lipinski definition) is 4. The summed E-state index contributed by atoms with van der Waals surface area (Å²) in [5, 5.41) is 3.74. The number of pyridine rings is 1. The summed E-state index contributed by atoms with van der Waals surface area (Å²) < 4.78 is 25.4. The molecule has 7 heteroatoms. The normalized spacial score (nSPS) is 11.3. The van der Waals surface area contributed by atoms with Gasteiger partial charge in [0.2, 0.25) is 10.0 Å². The molecule has 0 unspecified atom stereocenters. The maximum absolute atomic E-state index is 13.2. The maximum Gasteiger partial charge on any atom is 0.252 e. The predicted molar refractivity (Wildman–Crippen MR) is 128 cm³/mol. The Hall–Kier alpha value is -3.71. The first-order valence-electron chi connectivity index (χ1n) is 10.1. The fourth-order valence-corrected chi connectivity index (χ4v) is 4.08. The lowest BCUT2D eigenvalue weighted by Crippen LogP contribution is -2.23. The van der Waals surface area contributed by atoms with Gasteiger partial charge < -0.3 is 5.32 Å². The van der Waals surface area contributed by atoms with Crippen LogP contribution in [0.4, 0.5) is 5.69 Å². The van der Waals surface area contributed by atoms with Crippen molar-refractivity contribution in [3.63, 3.8) is 0 Å². The number of anilines is 1. The number of rotatable bonds is 6. The highest BCUT2D eigenvalue weighted by Crippen LogP contribution is 2.26. The van der Waals surface area contributed by atoms with Gasteiger partial charge in [-0.2, -0.15) is 0 Å². The summed E-state index contributed by atoms with van der Waals surface area (Å²) in [7, 11) is -3.37. The largest absolute Gasteiger partial charge is 0.348 e. The molecule has 0 aliphatic carbocycles. The van der Waals surface area contributed by atoms with Crippen LogP contribution in [0.15, 0.2) is 78.9 Å². The zero-order chi connectivity index (χ0) is 22.7. The number of aryl methyl sites for hydroxylation is 1. The Balaban J connectivity index is 1.64. The van der Waals surface area contributed by atoms with Crippen molar-refractivity contribution in [2.24, 2.45) is 0 Å². The monoisotopic (exact) mass is 445 g/mol. The second-order valence-corrected chi connectivity index (χ2v) is 9.45. The van der Waals surface area contributed by atoms with Gasteiger partial charge in [0.25, 0.3) is 5.91 Å². The highest BCUT2D eigenvalue weighted by molar-refractivity contribution is 7.92. The van der Waals surface area contributed by atoms with E-state index in [1.165, 1.54) is 0 Å². The van der Waals surface area contributed by atoms with Crippen LogP contribution in [0.2, 0.25) is 0 Å². The third-order valence-electron chi connectivity index (χ3n) is 4.96. The van der Waals surface area contributed by atoms with E-state index in [2.05, 4.69) is 10.0 Å². The molecule has 0 aliphatic heterocycles. The Morgan fingerprint density at radius 3 is 2.47 bits per heavy atom. The van der Waals surface area contributed by atoms with E-state index >= 15 is 0 Å². The molecule has 162 valence electrons. The van der Waals surface area contributed by atoms with Crippen LogP contribution in [-0.2, 0) is 16.6 Å². The van der Waals surface area contributed by atoms with Crippen molar-refractivity contribution in [1.82, 2.24) is 10.3 Å². The summed E-state index contributed by atoms with van der Waals surface area (Å²) in [4.78, 5) is 17.9. The molecule has 0 fully saturated rings. The molecule has 0 spiro atoms. The molecular weight excluding hydrogens is 422 g/mol. The van der Waals surface area contributed by atoms with Crippen LogP contribution in [0.3, 0.4) is 0 Å². The molecule has 0 bridgehead atoms. The van der Waals surface area contributed by atoms with Gasteiger partial charge in [0.15, 0.2) is 0 Å². The molecule has 4 rings (SSSR count). The molecular formula is C25H23N3O3S. The van der Waals surface area contributed by atoms with E-state index in [0.29, 0.717) is 11.3 Å². The van der Waals surface area contributed by atoms with Gasteiger partial charge in [-0.25, -0.2) is 13.4 Å². The minimum Gasteiger partial charge on any atom is -0.348 e. The van der Waals surface area contributed by atoms with E-state index in [1.54, 1.807) is 18.2 Å². The Morgan fingerprint density at radius 2 is 1.72 bits per heavy atom. The summed E-state index contributed by atoms with van der Waals surface area (Å²) in [5.41, 5.74) is 5.24. The molecule has 6 nitrogen and oxygen atoms in total. The van der Waals surface area contributed by atoms with Gasteiger partial charge in [-0.15, -0.1) is 0 Å². The van der Waals surface area contributed by atoms with Crippen LogP contribution in [0.1, 0.15) is 21.5 Å². The van der Waals surface area contributed by atoms with Crippen LogP contribution in [-0.4, -0.2) is 25.6 Å². The van der Waals surface area contributed by atoms with Gasteiger partial charge >= 0.3 is 0 Å². The van der Waals surface area contributed by atoms with Gasteiger partial charge in [0.05, 0.1) is 23.0 Å². The van der Waals surface area contributed by atoms with E-state index in [0.717, 1.165) is 39.5 Å². The number of nitrogens with one attached hydrogen (secondary N) is 2. The van der Waals surface area contributed by atoms with Gasteiger partial charge in [0.1, 0.15) is 0 Å². The first-order chi connectivity index (χ1) is 15.3. The van der Waals surface area contributed by atoms with Crippen molar-refractivity contribution < 1.29 is 13.2 Å². The molecule has 1 heterocycles. The third kappa shape index (κ3) is 5.12. The summed E-state index contributed by atoms with van der Waals surface area (Å²) in [6.45, 7) is 2.24. The van der Waals surface area contributed by atoms with Gasteiger partial charge in [-0.3, -0.25) is 9.52 Å². The second-order valence-electron chi connectivity index (χ2n) is 7.70. The summed E-state index contributed by atoms with van der Waals surface area (Å²) in [6.07, 6.45) is 1.10. The average molecular weight is 446 g/mol. The maximum atomic E-state index is 13.2. The molecule has 1 aromatic heterocycles. The van der Waals surface area contributed by atoms with E-state index in [-0.39, 0.29) is 12.5 Å². The lowest BCUT2D eigenvalue weighted by molar-refractivity contribution is 0.0952. The molecule has 3 aromatic carbocycles. The van der Waals surface area contributed by atoms with Gasteiger partial charge in [-0.05, 0) is 42.8 Å². The summed E-state index contributed by atoms with van der Waals surface area (Å²) >= 11 is 0. The number of amides is 1. The van der Waals surface area contributed by atoms with Crippen molar-refractivity contribution in [3.05, 3.63) is 95.6 Å². The predicted octanol–water partition coefficient (Wildman–Crippen LogP) is 4.51. The fourth-order valence-electron chi connectivity index (χ4n) is 3.52. The van der Waals surface area contributed by atoms with Crippen LogP contribution in [0, 0.1) is 6.92 Å². The first kappa shape index (κ1) is 21.5. The van der Waals surface area contributed by atoms with E-state index in [4.69, 9.17) is 4.98 Å². The van der Waals surface area contributed by atoms with Crippen molar-refractivity contribution >= 4 is 32.5 Å². The molecule has 0 radical (unpaired) electrons. The number of aromatic nitrogens is 1. The fraction of sp³-hybridized carbons (Fsp3) is 0.120. The Kier molecular flexibility index (Phi) is 5.92. The highest BCUT2D eigenvalue weighted by Gasteiger charge is 2.14. The standard InChI is InChI=1S/C25H23N3O3S/c1-17-11-12-23-21(13-17)22(15-24(27-23)19-8-4-3-5-9-19)25(29)26-16-18-7-6-10-20(14-18)28-32(2,30)31/h3-15,28H,16H2,1-2H3,(H,26,29). The highest BCUT2D eigenvalue weighted by atomic mass is 32.2. The number of sulfonamides is 1. The number of hydrogen-bond donors (Lipinski definition) is 2. The molecule has 0 atom stereocenters. The van der Waals surface area contributed by atoms with Gasteiger partial charge in [0, 0.05) is 23.2 Å². The van der Waals surface area contributed by atoms with Crippen LogP contribution >= 0.6 is 0 Å². The molecule has 2 N–H and O–H groups in total.